The first kappa shape index (κ1) is 48.5. The number of phosphoric ester groups is 1. The van der Waals surface area contributed by atoms with Crippen LogP contribution in [0.15, 0.2) is 54.1 Å². The lowest BCUT2D eigenvalue weighted by Gasteiger charge is -2.40. The average molecular weight is 984 g/mol. The number of imidazole rings is 2. The van der Waals surface area contributed by atoms with Crippen molar-refractivity contribution in [3.63, 3.8) is 0 Å². The fourth-order valence-electron chi connectivity index (χ4n) is 7.22. The number of phosphoric acid groups is 1. The molecular formula is C40H51N11O13P2Si. The number of rotatable bonds is 11. The molecule has 3 aliphatic rings. The number of anilines is 2. The van der Waals surface area contributed by atoms with E-state index in [1.165, 1.54) is 23.5 Å². The van der Waals surface area contributed by atoms with E-state index in [0.29, 0.717) is 11.2 Å². The lowest BCUT2D eigenvalue weighted by molar-refractivity contribution is -0.118. The molecule has 7 heterocycles. The van der Waals surface area contributed by atoms with Gasteiger partial charge in [0.05, 0.1) is 25.9 Å². The van der Waals surface area contributed by atoms with Gasteiger partial charge in [-0.25, -0.2) is 31.1 Å². The smallest absolute Gasteiger partial charge is 0.408 e. The number of aromatic amines is 1. The molecule has 3 saturated heterocycles. The van der Waals surface area contributed by atoms with Crippen LogP contribution in [-0.2, 0) is 45.9 Å². The van der Waals surface area contributed by atoms with Gasteiger partial charge in [-0.3, -0.25) is 47.4 Å². The molecule has 27 heteroatoms. The molecule has 1 aromatic carbocycles. The van der Waals surface area contributed by atoms with Gasteiger partial charge < -0.3 is 38.0 Å². The van der Waals surface area contributed by atoms with Crippen molar-refractivity contribution in [1.29, 1.82) is 0 Å². The number of H-pyrrole nitrogens is 1. The van der Waals surface area contributed by atoms with Gasteiger partial charge in [-0.1, -0.05) is 52.8 Å². The molecule has 3 fully saturated rings. The van der Waals surface area contributed by atoms with Crippen molar-refractivity contribution in [3.8, 4) is 0 Å². The SMILES string of the molecule is [C-]#[N+]CCOP1(=O)OC[C@H]2O[C@@H](n3cnc4c(=O)[nH]c(NC(=O)C(C)C)nc43)[C@H](OP(O)OC[C@H]3O[C@@H](n4cnc5c(NC(=O)c6ccccc6)ncnc54)C[C@@H]3O1)[C@@H]2O[Si](C)(C)C(C)(C)C. The molecule has 4 aromatic heterocycles. The Labute approximate surface area is 386 Å². The van der Waals surface area contributed by atoms with Crippen molar-refractivity contribution in [2.24, 2.45) is 5.92 Å². The highest BCUT2D eigenvalue weighted by atomic mass is 31.2. The van der Waals surface area contributed by atoms with Crippen LogP contribution in [0.4, 0.5) is 11.8 Å². The summed E-state index contributed by atoms with van der Waals surface area (Å²) in [6, 6.07) is 8.59. The number of ether oxygens (including phenoxy) is 2. The van der Waals surface area contributed by atoms with Crippen LogP contribution < -0.4 is 16.2 Å². The van der Waals surface area contributed by atoms with Crippen molar-refractivity contribution in [2.45, 2.75) is 102 Å². The standard InChI is InChI=1S/C40H51N11O13P2Si/c1-22(2)35(52)48-39-47-34-29(37(54)49-39)45-21-51(34)38-31-30(64-67(7,8)40(3,4)5)26(61-38)18-59-66(56,58-15-14-41-6)63-24-16-27(60-25(24)17-57-65(55)62-31)50-20-44-28-32(42-19-43-33(28)50)46-36(53)23-12-10-9-11-13-23/h9-13,19-22,24-27,30-31,38,55H,14-18H2,1-5,7-8H3,(H,42,43,46,53)(H2,47,48,49,52,54)/t24-,25+,26+,27+,30+,31+,38+,65?,66?/m0/s1. The molecule has 24 nitrogen and oxygen atoms in total. The summed E-state index contributed by atoms with van der Waals surface area (Å²) < 4.78 is 68.3. The van der Waals surface area contributed by atoms with E-state index in [4.69, 9.17) is 43.1 Å². The molecule has 8 rings (SSSR count). The van der Waals surface area contributed by atoms with Crippen molar-refractivity contribution in [1.82, 2.24) is 39.0 Å². The first-order valence-electron chi connectivity index (χ1n) is 21.3. The fourth-order valence-corrected chi connectivity index (χ4v) is 10.7. The molecule has 0 aliphatic carbocycles. The van der Waals surface area contributed by atoms with Crippen LogP contribution in [0.2, 0.25) is 18.1 Å². The molecule has 5 aromatic rings. The number of aromatic nitrogens is 8. The third-order valence-electron chi connectivity index (χ3n) is 11.8. The molecule has 2 bridgehead atoms. The Hall–Kier alpha value is -4.93. The van der Waals surface area contributed by atoms with E-state index in [9.17, 15) is 23.8 Å². The van der Waals surface area contributed by atoms with Crippen molar-refractivity contribution < 1.29 is 55.6 Å². The largest absolute Gasteiger partial charge is 0.475 e. The average Bonchev–Trinajstić information content (AvgIpc) is 4.07. The van der Waals surface area contributed by atoms with E-state index < -0.39 is 97.6 Å². The molecule has 0 spiro atoms. The summed E-state index contributed by atoms with van der Waals surface area (Å²) in [6.45, 7) is 19.5. The summed E-state index contributed by atoms with van der Waals surface area (Å²) >= 11 is 0. The Bertz CT molecular complexity index is 2760. The number of amides is 2. The minimum atomic E-state index is -4.61. The van der Waals surface area contributed by atoms with Gasteiger partial charge >= 0.3 is 16.4 Å². The molecule has 0 saturated carbocycles. The fraction of sp³-hybridized carbons (Fsp3) is 0.525. The number of hydrogen-bond donors (Lipinski definition) is 4. The number of carbonyl (C=O) groups excluding carboxylic acids is 2. The molecule has 0 radical (unpaired) electrons. The third kappa shape index (κ3) is 10.4. The van der Waals surface area contributed by atoms with Gasteiger partial charge in [0.25, 0.3) is 11.5 Å². The van der Waals surface area contributed by atoms with Gasteiger partial charge in [-0.15, -0.1) is 0 Å². The first-order valence-corrected chi connectivity index (χ1v) is 26.8. The molecule has 2 unspecified atom stereocenters. The van der Waals surface area contributed by atoms with Crippen LogP contribution >= 0.6 is 16.4 Å². The topological polar surface area (TPSA) is 281 Å². The van der Waals surface area contributed by atoms with Crippen LogP contribution in [-0.4, -0.2) is 121 Å². The Morgan fingerprint density at radius 1 is 1.03 bits per heavy atom. The third-order valence-corrected chi connectivity index (χ3v) is 18.5. The zero-order valence-electron chi connectivity index (χ0n) is 37.6. The molecule has 67 heavy (non-hydrogen) atoms. The van der Waals surface area contributed by atoms with Crippen molar-refractivity contribution in [3.05, 3.63) is 76.6 Å². The van der Waals surface area contributed by atoms with Crippen LogP contribution in [0, 0.1) is 12.5 Å². The maximum atomic E-state index is 14.8. The number of hydrogen-bond acceptors (Lipinski definition) is 18. The summed E-state index contributed by atoms with van der Waals surface area (Å²) in [5, 5.41) is 5.03. The Kier molecular flexibility index (Phi) is 14.2. The number of nitrogens with zero attached hydrogens (tertiary/aromatic N) is 8. The van der Waals surface area contributed by atoms with E-state index in [2.05, 4.69) is 45.4 Å². The normalized spacial score (nSPS) is 27.2. The number of carbonyl (C=O) groups is 2. The summed E-state index contributed by atoms with van der Waals surface area (Å²) in [4.78, 5) is 78.4. The minimum absolute atomic E-state index is 0.00562. The van der Waals surface area contributed by atoms with Crippen LogP contribution in [0.5, 0.6) is 0 Å². The lowest BCUT2D eigenvalue weighted by Crippen LogP contribution is -2.50. The summed E-state index contributed by atoms with van der Waals surface area (Å²) in [6.07, 6.45) is -3.54. The van der Waals surface area contributed by atoms with Gasteiger partial charge in [0.2, 0.25) is 18.4 Å². The predicted octanol–water partition coefficient (Wildman–Crippen LogP) is 5.46. The van der Waals surface area contributed by atoms with Crippen LogP contribution in [0.1, 0.15) is 63.9 Å². The van der Waals surface area contributed by atoms with Crippen LogP contribution in [0.25, 0.3) is 27.2 Å². The highest BCUT2D eigenvalue weighted by molar-refractivity contribution is 7.48. The van der Waals surface area contributed by atoms with E-state index in [-0.39, 0.29) is 59.7 Å². The van der Waals surface area contributed by atoms with E-state index >= 15 is 0 Å². The second-order valence-corrected chi connectivity index (χ2v) is 25.0. The molecule has 3 aliphatic heterocycles. The van der Waals surface area contributed by atoms with Crippen molar-refractivity contribution in [2.75, 3.05) is 37.0 Å². The molecule has 4 N–H and O–H groups in total. The minimum Gasteiger partial charge on any atom is -0.408 e. The van der Waals surface area contributed by atoms with E-state index in [1.54, 1.807) is 48.7 Å². The van der Waals surface area contributed by atoms with Gasteiger partial charge in [0.1, 0.15) is 49.7 Å². The number of benzene rings is 1. The maximum absolute atomic E-state index is 14.8. The molecular weight excluding hydrogens is 933 g/mol. The van der Waals surface area contributed by atoms with Crippen LogP contribution in [0.3, 0.4) is 0 Å². The van der Waals surface area contributed by atoms with Gasteiger partial charge in [-0.05, 0) is 30.3 Å². The lowest BCUT2D eigenvalue weighted by atomic mass is 10.1. The zero-order chi connectivity index (χ0) is 47.8. The summed E-state index contributed by atoms with van der Waals surface area (Å²) in [5.74, 6) is -1.21. The highest BCUT2D eigenvalue weighted by Gasteiger charge is 2.54. The summed E-state index contributed by atoms with van der Waals surface area (Å²) in [5.41, 5.74) is 0.245. The van der Waals surface area contributed by atoms with Gasteiger partial charge in [0, 0.05) is 17.9 Å². The van der Waals surface area contributed by atoms with E-state index in [0.717, 1.165) is 0 Å². The molecule has 2 amide bonds. The number of nitrogens with one attached hydrogen (secondary N) is 3. The van der Waals surface area contributed by atoms with Crippen molar-refractivity contribution >= 4 is 70.7 Å². The van der Waals surface area contributed by atoms with Gasteiger partial charge in [-0.2, -0.15) is 4.98 Å². The Morgan fingerprint density at radius 2 is 1.78 bits per heavy atom. The predicted molar refractivity (Wildman–Crippen MR) is 242 cm³/mol. The first-order chi connectivity index (χ1) is 31.8. The highest BCUT2D eigenvalue weighted by Crippen LogP contribution is 2.55. The monoisotopic (exact) mass is 983 g/mol. The maximum Gasteiger partial charge on any atom is 0.475 e. The summed E-state index contributed by atoms with van der Waals surface area (Å²) in [7, 11) is -10.1. The molecule has 9 atom stereocenters. The molecule has 358 valence electrons. The van der Waals surface area contributed by atoms with E-state index in [1.807, 2.05) is 33.9 Å². The van der Waals surface area contributed by atoms with Gasteiger partial charge in [0.15, 0.2) is 42.7 Å². The Morgan fingerprint density at radius 3 is 2.51 bits per heavy atom. The quantitative estimate of drug-likeness (QED) is 0.0553. The number of fused-ring (bicyclic) bond motifs is 5. The second kappa shape index (κ2) is 19.6. The second-order valence-electron chi connectivity index (χ2n) is 17.7. The zero-order valence-corrected chi connectivity index (χ0v) is 40.4. The Balaban J connectivity index is 1.12.